The number of likely N-dealkylation sites (N-methyl/N-ethyl adjacent to an activating group) is 1. The normalized spacial score (nSPS) is 22.6. The van der Waals surface area contributed by atoms with Crippen LogP contribution in [0.4, 0.5) is 5.69 Å². The van der Waals surface area contributed by atoms with Crippen LogP contribution in [0.5, 0.6) is 0 Å². The molecule has 0 aliphatic carbocycles. The van der Waals surface area contributed by atoms with Gasteiger partial charge in [-0.25, -0.2) is 0 Å². The number of hydrogen-bond donors (Lipinski definition) is 2. The Labute approximate surface area is 160 Å². The highest BCUT2D eigenvalue weighted by Crippen LogP contribution is 2.40. The van der Waals surface area contributed by atoms with Gasteiger partial charge in [0.1, 0.15) is 6.61 Å². The Morgan fingerprint density at radius 2 is 2.00 bits per heavy atom. The van der Waals surface area contributed by atoms with Crippen molar-refractivity contribution >= 4 is 17.5 Å². The predicted molar refractivity (Wildman–Crippen MR) is 103 cm³/mol. The molecule has 2 aliphatic heterocycles. The first-order valence-electron chi connectivity index (χ1n) is 9.46. The molecule has 2 amide bonds. The minimum absolute atomic E-state index is 0.0510. The van der Waals surface area contributed by atoms with Gasteiger partial charge in [0.15, 0.2) is 0 Å². The van der Waals surface area contributed by atoms with Gasteiger partial charge < -0.3 is 25.0 Å². The summed E-state index contributed by atoms with van der Waals surface area (Å²) in [4.78, 5) is 28.9. The van der Waals surface area contributed by atoms with Gasteiger partial charge >= 0.3 is 0 Å². The Morgan fingerprint density at radius 3 is 2.67 bits per heavy atom. The zero-order valence-electron chi connectivity index (χ0n) is 16.1. The van der Waals surface area contributed by atoms with E-state index < -0.39 is 0 Å². The van der Waals surface area contributed by atoms with E-state index >= 15 is 0 Å². The van der Waals surface area contributed by atoms with E-state index in [1.54, 1.807) is 24.3 Å². The number of aliphatic hydroxyl groups excluding tert-OH is 1. The molecule has 7 nitrogen and oxygen atoms in total. The van der Waals surface area contributed by atoms with Gasteiger partial charge in [0.25, 0.3) is 5.91 Å². The third-order valence-corrected chi connectivity index (χ3v) is 5.61. The van der Waals surface area contributed by atoms with Crippen LogP contribution >= 0.6 is 0 Å². The molecule has 7 heteroatoms. The molecule has 2 heterocycles. The summed E-state index contributed by atoms with van der Waals surface area (Å²) in [6.45, 7) is 2.97. The number of β-amino-alcohol motifs (C(OH)–C–C–N with tert-alkyl or cyclic N) is 1. The third-order valence-electron chi connectivity index (χ3n) is 5.61. The zero-order chi connectivity index (χ0) is 19.4. The number of nitrogens with one attached hydrogen (secondary N) is 1. The molecule has 148 valence electrons. The number of methoxy groups -OCH3 is 1. The van der Waals surface area contributed by atoms with Gasteiger partial charge in [-0.05, 0) is 43.9 Å². The molecule has 3 rings (SSSR count). The van der Waals surface area contributed by atoms with Crippen LogP contribution in [0.25, 0.3) is 0 Å². The van der Waals surface area contributed by atoms with Gasteiger partial charge in [-0.1, -0.05) is 12.1 Å². The predicted octanol–water partition coefficient (Wildman–Crippen LogP) is 1.19. The second-order valence-corrected chi connectivity index (χ2v) is 7.87. The maximum Gasteiger partial charge on any atom is 0.255 e. The molecule has 1 unspecified atom stereocenters. The van der Waals surface area contributed by atoms with E-state index in [0.29, 0.717) is 24.3 Å². The van der Waals surface area contributed by atoms with Gasteiger partial charge in [-0.2, -0.15) is 0 Å². The maximum absolute atomic E-state index is 13.0. The summed E-state index contributed by atoms with van der Waals surface area (Å²) in [7, 11) is 3.50. The van der Waals surface area contributed by atoms with Crippen molar-refractivity contribution in [1.29, 1.82) is 0 Å². The summed E-state index contributed by atoms with van der Waals surface area (Å²) < 4.78 is 4.84. The molecular weight excluding hydrogens is 346 g/mol. The molecule has 1 atom stereocenters. The van der Waals surface area contributed by atoms with Crippen molar-refractivity contribution in [3.8, 4) is 0 Å². The smallest absolute Gasteiger partial charge is 0.255 e. The lowest BCUT2D eigenvalue weighted by Gasteiger charge is -2.48. The first-order chi connectivity index (χ1) is 12.9. The minimum atomic E-state index is -0.289. The summed E-state index contributed by atoms with van der Waals surface area (Å²) in [6, 6.07) is 7.08. The molecular formula is C20H29N3O4. The fourth-order valence-electron chi connectivity index (χ4n) is 4.44. The van der Waals surface area contributed by atoms with Crippen LogP contribution in [-0.2, 0) is 9.53 Å². The molecule has 1 aromatic rings. The van der Waals surface area contributed by atoms with Crippen LogP contribution in [0.15, 0.2) is 24.3 Å². The van der Waals surface area contributed by atoms with Crippen LogP contribution in [-0.4, -0.2) is 79.8 Å². The maximum atomic E-state index is 13.0. The number of para-hydroxylation sites is 1. The topological polar surface area (TPSA) is 82.1 Å². The summed E-state index contributed by atoms with van der Waals surface area (Å²) >= 11 is 0. The van der Waals surface area contributed by atoms with Crippen molar-refractivity contribution < 1.29 is 19.4 Å². The van der Waals surface area contributed by atoms with Crippen molar-refractivity contribution in [3.63, 3.8) is 0 Å². The van der Waals surface area contributed by atoms with E-state index in [1.807, 2.05) is 11.9 Å². The number of hydrogen-bond acceptors (Lipinski definition) is 5. The highest BCUT2D eigenvalue weighted by atomic mass is 16.5. The molecule has 2 aliphatic rings. The van der Waals surface area contributed by atoms with Crippen LogP contribution in [0.1, 0.15) is 29.6 Å². The minimum Gasteiger partial charge on any atom is -0.392 e. The van der Waals surface area contributed by atoms with Crippen molar-refractivity contribution in [2.45, 2.75) is 25.4 Å². The number of carbonyl (C=O) groups is 2. The molecule has 0 saturated carbocycles. The molecule has 2 N–H and O–H groups in total. The van der Waals surface area contributed by atoms with Crippen LogP contribution in [0, 0.1) is 5.41 Å². The van der Waals surface area contributed by atoms with Gasteiger partial charge in [-0.15, -0.1) is 0 Å². The van der Waals surface area contributed by atoms with Crippen LogP contribution < -0.4 is 5.32 Å². The van der Waals surface area contributed by atoms with Gasteiger partial charge in [-0.3, -0.25) is 9.59 Å². The number of rotatable bonds is 4. The average Bonchev–Trinajstić information content (AvgIpc) is 2.61. The SMILES string of the molecule is COCC(=O)Nc1ccccc1C(=O)N1CCC2(CC1)CC(O)CN(C)C2. The van der Waals surface area contributed by atoms with E-state index in [2.05, 4.69) is 10.2 Å². The first kappa shape index (κ1) is 19.8. The number of anilines is 1. The number of benzene rings is 1. The monoisotopic (exact) mass is 375 g/mol. The quantitative estimate of drug-likeness (QED) is 0.826. The largest absolute Gasteiger partial charge is 0.392 e. The number of ether oxygens (including phenoxy) is 1. The number of nitrogens with zero attached hydrogens (tertiary/aromatic N) is 2. The lowest BCUT2D eigenvalue weighted by molar-refractivity contribution is -0.119. The van der Waals surface area contributed by atoms with Crippen LogP contribution in [0.3, 0.4) is 0 Å². The van der Waals surface area contributed by atoms with E-state index in [1.165, 1.54) is 7.11 Å². The zero-order valence-corrected chi connectivity index (χ0v) is 16.1. The molecule has 27 heavy (non-hydrogen) atoms. The van der Waals surface area contributed by atoms with E-state index in [0.717, 1.165) is 32.4 Å². The highest BCUT2D eigenvalue weighted by Gasteiger charge is 2.41. The number of amides is 2. The molecule has 2 saturated heterocycles. The summed E-state index contributed by atoms with van der Waals surface area (Å²) in [6.07, 6.45) is 2.29. The lowest BCUT2D eigenvalue weighted by Crippen LogP contribution is -2.53. The average molecular weight is 375 g/mol. The van der Waals surface area contributed by atoms with E-state index in [9.17, 15) is 14.7 Å². The van der Waals surface area contributed by atoms with Crippen molar-refractivity contribution in [2.24, 2.45) is 5.41 Å². The van der Waals surface area contributed by atoms with Crippen molar-refractivity contribution in [1.82, 2.24) is 9.80 Å². The third kappa shape index (κ3) is 4.66. The Hall–Kier alpha value is -1.96. The lowest BCUT2D eigenvalue weighted by atomic mass is 9.71. The molecule has 1 spiro atoms. The first-order valence-corrected chi connectivity index (χ1v) is 9.46. The Kier molecular flexibility index (Phi) is 6.14. The second-order valence-electron chi connectivity index (χ2n) is 7.87. The van der Waals surface area contributed by atoms with Crippen molar-refractivity contribution in [2.75, 3.05) is 52.3 Å². The summed E-state index contributed by atoms with van der Waals surface area (Å²) in [5.74, 6) is -0.350. The van der Waals surface area contributed by atoms with E-state index in [4.69, 9.17) is 4.74 Å². The number of piperidine rings is 2. The second kappa shape index (κ2) is 8.37. The number of likely N-dealkylation sites (tertiary alicyclic amines) is 2. The van der Waals surface area contributed by atoms with Crippen molar-refractivity contribution in [3.05, 3.63) is 29.8 Å². The Morgan fingerprint density at radius 1 is 1.30 bits per heavy atom. The molecule has 0 radical (unpaired) electrons. The fourth-order valence-corrected chi connectivity index (χ4v) is 4.44. The molecule has 2 fully saturated rings. The molecule has 0 bridgehead atoms. The van der Waals surface area contributed by atoms with Gasteiger partial charge in [0, 0.05) is 33.3 Å². The standard InChI is InChI=1S/C20H29N3O4/c1-22-12-15(24)11-20(14-22)7-9-23(10-8-20)19(26)16-5-3-4-6-17(16)21-18(25)13-27-2/h3-6,15,24H,7-14H2,1-2H3,(H,21,25). The van der Waals surface area contributed by atoms with Gasteiger partial charge in [0.05, 0.1) is 17.4 Å². The summed E-state index contributed by atoms with van der Waals surface area (Å²) in [5.41, 5.74) is 1.10. The number of carbonyl (C=O) groups excluding carboxylic acids is 2. The van der Waals surface area contributed by atoms with E-state index in [-0.39, 0.29) is 29.9 Å². The highest BCUT2D eigenvalue weighted by molar-refractivity contribution is 6.04. The number of aliphatic hydroxyl groups is 1. The molecule has 1 aromatic carbocycles. The van der Waals surface area contributed by atoms with Gasteiger partial charge in [0.2, 0.25) is 5.91 Å². The summed E-state index contributed by atoms with van der Waals surface area (Å²) in [5, 5.41) is 12.9. The Balaban J connectivity index is 1.67. The fraction of sp³-hybridized carbons (Fsp3) is 0.600. The Bertz CT molecular complexity index is 674. The molecule has 0 aromatic heterocycles. The van der Waals surface area contributed by atoms with Crippen LogP contribution in [0.2, 0.25) is 0 Å².